The fraction of sp³-hybridized carbons (Fsp3) is 0.0328. The van der Waals surface area contributed by atoms with Crippen molar-refractivity contribution in [3.8, 4) is 86.2 Å². The highest BCUT2D eigenvalue weighted by atomic mass is 19.4. The molecule has 0 saturated heterocycles. The summed E-state index contributed by atoms with van der Waals surface area (Å²) >= 11 is 0. The van der Waals surface area contributed by atoms with Crippen molar-refractivity contribution >= 4 is 43.6 Å². The molecule has 13 heteroatoms. The second-order valence-corrected chi connectivity index (χ2v) is 17.5. The van der Waals surface area contributed by atoms with E-state index in [-0.39, 0.29) is 17.2 Å². The topological polar surface area (TPSA) is 129 Å². The normalized spacial score (nSPS) is 11.6. The van der Waals surface area contributed by atoms with Gasteiger partial charge in [0.15, 0.2) is 0 Å². The second kappa shape index (κ2) is 17.5. The molecule has 0 saturated carbocycles. The number of nitriles is 5. The lowest BCUT2D eigenvalue weighted by Gasteiger charge is -2.21. The minimum absolute atomic E-state index is 0.0319. The van der Waals surface area contributed by atoms with E-state index < -0.39 is 29.0 Å². The van der Waals surface area contributed by atoms with Gasteiger partial charge < -0.3 is 9.13 Å². The Morgan fingerprint density at radius 1 is 0.324 bits per heavy atom. The Hall–Kier alpha value is -10.4. The molecule has 0 atom stereocenters. The van der Waals surface area contributed by atoms with Gasteiger partial charge in [-0.25, -0.2) is 0 Å². The van der Waals surface area contributed by atoms with E-state index in [0.29, 0.717) is 95.1 Å². The number of nitrogens with zero attached hydrogens (tertiary/aromatic N) is 7. The van der Waals surface area contributed by atoms with E-state index in [9.17, 15) is 52.7 Å². The van der Waals surface area contributed by atoms with Crippen molar-refractivity contribution in [1.29, 1.82) is 26.3 Å². The largest absolute Gasteiger partial charge is 0.417 e. The van der Waals surface area contributed by atoms with Crippen LogP contribution in [0.4, 0.5) is 26.3 Å². The van der Waals surface area contributed by atoms with Gasteiger partial charge in [0.2, 0.25) is 0 Å². The molecule has 0 aliphatic carbocycles. The number of alkyl halides is 6. The summed E-state index contributed by atoms with van der Waals surface area (Å²) in [6.07, 6.45) is -10.2. The highest BCUT2D eigenvalue weighted by Gasteiger charge is 2.38. The Balaban J connectivity index is 1.22. The fourth-order valence-electron chi connectivity index (χ4n) is 10.1. The SMILES string of the molecule is N#Cc1ccc(-c2ccc3c(c2)c2ccccc2n3-c2ccc(-c3ccc(C(F)(F)F)cc3C(F)(F)F)cc2-c2ccc(C#N)cc2-n2c3ccccc3c3cc(-c4ccc(C#N)cc4C#N)ccc32)c(C#N)c1. The first-order chi connectivity index (χ1) is 35.7. The summed E-state index contributed by atoms with van der Waals surface area (Å²) < 4.78 is 91.0. The van der Waals surface area contributed by atoms with E-state index in [2.05, 4.69) is 30.3 Å². The van der Waals surface area contributed by atoms with Gasteiger partial charge in [-0.2, -0.15) is 52.7 Å². The van der Waals surface area contributed by atoms with Crippen molar-refractivity contribution in [2.45, 2.75) is 12.4 Å². The lowest BCUT2D eigenvalue weighted by molar-refractivity contribution is -0.142. The molecule has 0 N–H and O–H groups in total. The molecule has 11 aromatic rings. The van der Waals surface area contributed by atoms with Crippen molar-refractivity contribution in [1.82, 2.24) is 9.13 Å². The third-order valence-electron chi connectivity index (χ3n) is 13.4. The highest BCUT2D eigenvalue weighted by molar-refractivity contribution is 6.13. The van der Waals surface area contributed by atoms with Crippen LogP contribution in [-0.2, 0) is 12.4 Å². The van der Waals surface area contributed by atoms with E-state index in [0.717, 1.165) is 27.6 Å². The molecule has 0 amide bonds. The number of halogens is 6. The number of fused-ring (bicyclic) bond motifs is 6. The molecule has 0 spiro atoms. The van der Waals surface area contributed by atoms with Crippen LogP contribution in [-0.4, -0.2) is 9.13 Å². The number of benzene rings is 9. The van der Waals surface area contributed by atoms with Crippen molar-refractivity contribution < 1.29 is 26.3 Å². The number of hydrogen-bond acceptors (Lipinski definition) is 5. The van der Waals surface area contributed by atoms with Crippen LogP contribution in [0.2, 0.25) is 0 Å². The average Bonchev–Trinajstić information content (AvgIpc) is 3.93. The Morgan fingerprint density at radius 3 is 1.27 bits per heavy atom. The fourth-order valence-corrected chi connectivity index (χ4v) is 10.1. The van der Waals surface area contributed by atoms with Crippen molar-refractivity contribution in [3.05, 3.63) is 215 Å². The van der Waals surface area contributed by atoms with Gasteiger partial charge in [0.1, 0.15) is 0 Å². The molecule has 2 heterocycles. The van der Waals surface area contributed by atoms with Crippen molar-refractivity contribution in [2.75, 3.05) is 0 Å². The summed E-state index contributed by atoms with van der Waals surface area (Å²) in [6.45, 7) is 0. The number of aromatic nitrogens is 2. The van der Waals surface area contributed by atoms with Gasteiger partial charge in [-0.3, -0.25) is 0 Å². The predicted molar refractivity (Wildman–Crippen MR) is 270 cm³/mol. The van der Waals surface area contributed by atoms with E-state index >= 15 is 0 Å². The number of rotatable bonds is 6. The summed E-state index contributed by atoms with van der Waals surface area (Å²) in [5.74, 6) is 0. The van der Waals surface area contributed by atoms with Gasteiger partial charge in [0.25, 0.3) is 0 Å². The highest BCUT2D eigenvalue weighted by Crippen LogP contribution is 2.46. The summed E-state index contributed by atoms with van der Waals surface area (Å²) in [5.41, 5.74) is 5.08. The Labute approximate surface area is 417 Å². The Bertz CT molecular complexity index is 4420. The predicted octanol–water partition coefficient (Wildman–Crippen LogP) is 15.9. The van der Waals surface area contributed by atoms with Crippen molar-refractivity contribution in [2.24, 2.45) is 0 Å². The maximum Gasteiger partial charge on any atom is 0.417 e. The van der Waals surface area contributed by atoms with Crippen LogP contribution in [0.15, 0.2) is 176 Å². The first kappa shape index (κ1) is 46.0. The maximum atomic E-state index is 15.0. The van der Waals surface area contributed by atoms with E-state index in [1.807, 2.05) is 94.1 Å². The van der Waals surface area contributed by atoms with Crippen molar-refractivity contribution in [3.63, 3.8) is 0 Å². The van der Waals surface area contributed by atoms with Crippen LogP contribution in [0.5, 0.6) is 0 Å². The zero-order chi connectivity index (χ0) is 51.6. The summed E-state index contributed by atoms with van der Waals surface area (Å²) in [7, 11) is 0. The van der Waals surface area contributed by atoms with Gasteiger partial charge >= 0.3 is 12.4 Å². The summed E-state index contributed by atoms with van der Waals surface area (Å²) in [5, 5.41) is 52.9. The Kier molecular flexibility index (Phi) is 10.9. The quantitative estimate of drug-likeness (QED) is 0.153. The molecule has 11 rings (SSSR count). The first-order valence-corrected chi connectivity index (χ1v) is 22.7. The molecule has 0 radical (unpaired) electrons. The third kappa shape index (κ3) is 7.60. The van der Waals surface area contributed by atoms with Crippen LogP contribution in [0.3, 0.4) is 0 Å². The van der Waals surface area contributed by atoms with Crippen LogP contribution < -0.4 is 0 Å². The first-order valence-electron chi connectivity index (χ1n) is 22.7. The van der Waals surface area contributed by atoms with Crippen LogP contribution >= 0.6 is 0 Å². The molecule has 350 valence electrons. The maximum absolute atomic E-state index is 15.0. The summed E-state index contributed by atoms with van der Waals surface area (Å²) in [6, 6.07) is 58.0. The number of para-hydroxylation sites is 2. The smallest absolute Gasteiger partial charge is 0.309 e. The number of hydrogen-bond donors (Lipinski definition) is 0. The molecular weight excluding hydrogens is 945 g/mol. The standard InChI is InChI=1S/C61H29F6N7/c62-60(63,64)43-15-19-46(53(29-43)61(65,66)67)40-14-22-57(73-54-7-3-1-5-47(54)50-26-38(12-20-56(50)73)44-16-9-35(30-68)23-41(44)33-71)52(28-40)49-18-11-37(32-70)25-59(49)74-55-8-4-2-6-48(55)51-27-39(13-21-58(51)74)45-17-10-36(31-69)24-42(45)34-72/h1-29H. The minimum atomic E-state index is -5.19. The zero-order valence-corrected chi connectivity index (χ0v) is 38.1. The molecule has 0 bridgehead atoms. The second-order valence-electron chi connectivity index (χ2n) is 17.5. The van der Waals surface area contributed by atoms with E-state index in [1.54, 1.807) is 48.5 Å². The van der Waals surface area contributed by atoms with Crippen LogP contribution in [0.25, 0.3) is 99.5 Å². The molecule has 9 aromatic carbocycles. The molecule has 0 unspecified atom stereocenters. The van der Waals surface area contributed by atoms with Crippen LogP contribution in [0.1, 0.15) is 38.9 Å². The molecule has 0 aliphatic heterocycles. The average molecular weight is 974 g/mol. The van der Waals surface area contributed by atoms with Gasteiger partial charge in [-0.15, -0.1) is 0 Å². The lowest BCUT2D eigenvalue weighted by Crippen LogP contribution is -2.12. The van der Waals surface area contributed by atoms with Gasteiger partial charge in [-0.05, 0) is 130 Å². The molecule has 7 nitrogen and oxygen atoms in total. The Morgan fingerprint density at radius 2 is 0.770 bits per heavy atom. The molecule has 0 fully saturated rings. The zero-order valence-electron chi connectivity index (χ0n) is 38.1. The molecule has 0 aliphatic rings. The van der Waals surface area contributed by atoms with Gasteiger partial charge in [0.05, 0.1) is 103 Å². The lowest BCUT2D eigenvalue weighted by atomic mass is 9.92. The van der Waals surface area contributed by atoms with E-state index in [1.165, 1.54) is 24.3 Å². The summed E-state index contributed by atoms with van der Waals surface area (Å²) in [4.78, 5) is 0. The van der Waals surface area contributed by atoms with Gasteiger partial charge in [-0.1, -0.05) is 78.9 Å². The van der Waals surface area contributed by atoms with Gasteiger partial charge in [0, 0.05) is 32.7 Å². The third-order valence-corrected chi connectivity index (χ3v) is 13.4. The molecular formula is C61H29F6N7. The molecule has 2 aromatic heterocycles. The molecule has 74 heavy (non-hydrogen) atoms. The monoisotopic (exact) mass is 973 g/mol. The van der Waals surface area contributed by atoms with E-state index in [4.69, 9.17) is 0 Å². The minimum Gasteiger partial charge on any atom is -0.309 e. The van der Waals surface area contributed by atoms with Crippen LogP contribution in [0, 0.1) is 56.7 Å².